The Bertz CT molecular complexity index is 856. The van der Waals surface area contributed by atoms with Gasteiger partial charge in [0, 0.05) is 5.92 Å². The fourth-order valence-corrected chi connectivity index (χ4v) is 3.99. The summed E-state index contributed by atoms with van der Waals surface area (Å²) in [5.41, 5.74) is 2.06. The average molecular weight is 431 g/mol. The maximum atomic E-state index is 13.0. The van der Waals surface area contributed by atoms with Gasteiger partial charge >= 0.3 is 5.97 Å². The fourth-order valence-electron chi connectivity index (χ4n) is 3.99. The Morgan fingerprint density at radius 2 is 1.94 bits per heavy atom. The summed E-state index contributed by atoms with van der Waals surface area (Å²) in [4.78, 5) is 13.0. The van der Waals surface area contributed by atoms with Gasteiger partial charge in [-0.2, -0.15) is 0 Å². The average Bonchev–Trinajstić information content (AvgIpc) is 2.99. The van der Waals surface area contributed by atoms with Crippen molar-refractivity contribution in [3.05, 3.63) is 47.1 Å². The smallest absolute Gasteiger partial charge is 0.339 e. The van der Waals surface area contributed by atoms with Gasteiger partial charge in [0.05, 0.1) is 18.3 Å². The molecule has 31 heavy (non-hydrogen) atoms. The van der Waals surface area contributed by atoms with Crippen LogP contribution in [0.3, 0.4) is 0 Å². The number of rotatable bonds is 2. The van der Waals surface area contributed by atoms with Crippen LogP contribution >= 0.6 is 0 Å². The van der Waals surface area contributed by atoms with Gasteiger partial charge in [0.1, 0.15) is 24.1 Å². The molecule has 6 heteroatoms. The fraction of sp³-hybridized carbons (Fsp3) is 0.560. The van der Waals surface area contributed by atoms with E-state index in [1.54, 1.807) is 6.08 Å². The third-order valence-electron chi connectivity index (χ3n) is 5.72. The van der Waals surface area contributed by atoms with Crippen molar-refractivity contribution in [1.82, 2.24) is 0 Å². The first-order chi connectivity index (χ1) is 14.6. The largest absolute Gasteiger partial charge is 0.494 e. The minimum Gasteiger partial charge on any atom is -0.494 e. The van der Waals surface area contributed by atoms with E-state index in [4.69, 9.17) is 18.9 Å². The van der Waals surface area contributed by atoms with Gasteiger partial charge in [-0.1, -0.05) is 31.2 Å². The number of cyclic esters (lactones) is 1. The van der Waals surface area contributed by atoms with E-state index in [9.17, 15) is 9.90 Å². The highest BCUT2D eigenvalue weighted by Crippen LogP contribution is 2.33. The normalized spacial score (nSPS) is 32.9. The first kappa shape index (κ1) is 23.5. The maximum absolute atomic E-state index is 13.0. The van der Waals surface area contributed by atoms with Crippen LogP contribution in [0, 0.1) is 12.8 Å². The standard InChI is InChI=1S/C25H34O6/c1-7-28-19-13-16(3)22-18(14-19)9-8-10-21-23(31-25(5,6)30-21)20(26)12-11-15(2)17(4)29-24(22)27/h8-9,11-15,17,20-21,23,26H,7,10H2,1-6H3/b9-8+,12-11-/t15-,17+,20?,21+,23-/m1/s1. The molecule has 2 aliphatic heterocycles. The van der Waals surface area contributed by atoms with Crippen molar-refractivity contribution >= 4 is 12.0 Å². The molecule has 1 saturated heterocycles. The van der Waals surface area contributed by atoms with Crippen LogP contribution in [-0.2, 0) is 14.2 Å². The first-order valence-electron chi connectivity index (χ1n) is 11.0. The first-order valence-corrected chi connectivity index (χ1v) is 11.0. The topological polar surface area (TPSA) is 74.2 Å². The molecule has 1 unspecified atom stereocenters. The Labute approximate surface area is 184 Å². The van der Waals surface area contributed by atoms with Crippen LogP contribution in [0.15, 0.2) is 30.4 Å². The monoisotopic (exact) mass is 430 g/mol. The van der Waals surface area contributed by atoms with Crippen LogP contribution in [0.1, 0.15) is 62.5 Å². The summed E-state index contributed by atoms with van der Waals surface area (Å²) in [5.74, 6) is -0.528. The number of fused-ring (bicyclic) bond motifs is 2. The van der Waals surface area contributed by atoms with E-state index in [0.717, 1.165) is 11.1 Å². The summed E-state index contributed by atoms with van der Waals surface area (Å²) in [6, 6.07) is 3.71. The Kier molecular flexibility index (Phi) is 7.24. The number of aryl methyl sites for hydroxylation is 1. The van der Waals surface area contributed by atoms with Crippen LogP contribution in [-0.4, -0.2) is 47.9 Å². The van der Waals surface area contributed by atoms with Crippen LogP contribution in [0.4, 0.5) is 0 Å². The van der Waals surface area contributed by atoms with Gasteiger partial charge in [0.2, 0.25) is 0 Å². The summed E-state index contributed by atoms with van der Waals surface area (Å²) < 4.78 is 23.5. The minimum atomic E-state index is -0.826. The number of esters is 1. The molecule has 1 N–H and O–H groups in total. The maximum Gasteiger partial charge on any atom is 0.339 e. The Hall–Kier alpha value is -2.15. The molecule has 0 bridgehead atoms. The number of aliphatic hydroxyl groups excluding tert-OH is 1. The van der Waals surface area contributed by atoms with Gasteiger partial charge in [0.25, 0.3) is 0 Å². The molecule has 2 heterocycles. The molecule has 0 saturated carbocycles. The molecular formula is C25H34O6. The molecule has 0 aliphatic carbocycles. The van der Waals surface area contributed by atoms with Crippen molar-refractivity contribution in [3.63, 3.8) is 0 Å². The van der Waals surface area contributed by atoms with Crippen LogP contribution in [0.25, 0.3) is 6.08 Å². The zero-order chi connectivity index (χ0) is 22.8. The Morgan fingerprint density at radius 3 is 2.65 bits per heavy atom. The lowest BCUT2D eigenvalue weighted by atomic mass is 9.97. The molecule has 5 atom stereocenters. The van der Waals surface area contributed by atoms with E-state index in [2.05, 4.69) is 0 Å². The number of hydrogen-bond acceptors (Lipinski definition) is 6. The predicted molar refractivity (Wildman–Crippen MR) is 119 cm³/mol. The van der Waals surface area contributed by atoms with E-state index in [0.29, 0.717) is 24.3 Å². The highest BCUT2D eigenvalue weighted by molar-refractivity contribution is 5.95. The summed E-state index contributed by atoms with van der Waals surface area (Å²) in [5, 5.41) is 10.7. The second kappa shape index (κ2) is 9.55. The summed E-state index contributed by atoms with van der Waals surface area (Å²) in [6.45, 7) is 11.8. The number of hydrogen-bond donors (Lipinski definition) is 1. The number of carbonyl (C=O) groups excluding carboxylic acids is 1. The van der Waals surface area contributed by atoms with Crippen molar-refractivity contribution in [2.24, 2.45) is 5.92 Å². The molecule has 1 aromatic rings. The molecule has 6 nitrogen and oxygen atoms in total. The quantitative estimate of drug-likeness (QED) is 0.553. The van der Waals surface area contributed by atoms with Crippen molar-refractivity contribution in [2.45, 2.75) is 78.2 Å². The van der Waals surface area contributed by atoms with Crippen LogP contribution in [0.2, 0.25) is 0 Å². The lowest BCUT2D eigenvalue weighted by Gasteiger charge is -2.22. The second-order valence-electron chi connectivity index (χ2n) is 8.76. The number of ether oxygens (including phenoxy) is 4. The van der Waals surface area contributed by atoms with Gasteiger partial charge in [-0.25, -0.2) is 4.79 Å². The van der Waals surface area contributed by atoms with Gasteiger partial charge in [0.15, 0.2) is 5.79 Å². The number of aliphatic hydroxyl groups is 1. The zero-order valence-electron chi connectivity index (χ0n) is 19.3. The molecule has 0 spiro atoms. The van der Waals surface area contributed by atoms with E-state index in [1.807, 2.05) is 71.9 Å². The minimum absolute atomic E-state index is 0.0858. The Morgan fingerprint density at radius 1 is 1.19 bits per heavy atom. The molecule has 0 amide bonds. The van der Waals surface area contributed by atoms with Crippen LogP contribution in [0.5, 0.6) is 5.75 Å². The number of benzene rings is 1. The van der Waals surface area contributed by atoms with Gasteiger partial charge < -0.3 is 24.1 Å². The second-order valence-corrected chi connectivity index (χ2v) is 8.76. The summed E-state index contributed by atoms with van der Waals surface area (Å²) in [6.07, 6.45) is 5.94. The molecule has 170 valence electrons. The van der Waals surface area contributed by atoms with Gasteiger partial charge in [-0.05, 0) is 64.3 Å². The van der Waals surface area contributed by atoms with Gasteiger partial charge in [-0.15, -0.1) is 0 Å². The number of carbonyl (C=O) groups is 1. The molecule has 1 aromatic carbocycles. The highest BCUT2D eigenvalue weighted by Gasteiger charge is 2.43. The van der Waals surface area contributed by atoms with Crippen molar-refractivity contribution in [1.29, 1.82) is 0 Å². The molecular weight excluding hydrogens is 396 g/mol. The van der Waals surface area contributed by atoms with Crippen LogP contribution < -0.4 is 4.74 Å². The summed E-state index contributed by atoms with van der Waals surface area (Å²) >= 11 is 0. The van der Waals surface area contributed by atoms with Crippen molar-refractivity contribution in [2.75, 3.05) is 6.61 Å². The highest BCUT2D eigenvalue weighted by atomic mass is 16.8. The molecule has 2 aliphatic rings. The summed E-state index contributed by atoms with van der Waals surface area (Å²) in [7, 11) is 0. The molecule has 0 aromatic heterocycles. The van der Waals surface area contributed by atoms with E-state index >= 15 is 0 Å². The molecule has 0 radical (unpaired) electrons. The van der Waals surface area contributed by atoms with E-state index in [-0.39, 0.29) is 24.1 Å². The lowest BCUT2D eigenvalue weighted by Crippen LogP contribution is -2.34. The van der Waals surface area contributed by atoms with Crippen molar-refractivity contribution < 1.29 is 28.8 Å². The lowest BCUT2D eigenvalue weighted by molar-refractivity contribution is -0.152. The zero-order valence-corrected chi connectivity index (χ0v) is 19.3. The SMILES string of the molecule is CCOc1cc(C)c2c(c1)/C=C/C[C@@H]1OC(C)(C)O[C@@H]1C(O)/C=C\[C@@H](C)[C@H](C)OC2=O. The third kappa shape index (κ3) is 5.56. The van der Waals surface area contributed by atoms with E-state index in [1.165, 1.54) is 0 Å². The van der Waals surface area contributed by atoms with Crippen molar-refractivity contribution in [3.8, 4) is 5.75 Å². The predicted octanol–water partition coefficient (Wildman–Crippen LogP) is 4.43. The molecule has 1 fully saturated rings. The van der Waals surface area contributed by atoms with E-state index < -0.39 is 18.0 Å². The Balaban J connectivity index is 2.03. The van der Waals surface area contributed by atoms with Gasteiger partial charge in [-0.3, -0.25) is 0 Å². The third-order valence-corrected chi connectivity index (χ3v) is 5.72. The molecule has 3 rings (SSSR count).